The number of rotatable bonds is 4. The molecule has 1 aliphatic rings. The molecule has 27 heavy (non-hydrogen) atoms. The van der Waals surface area contributed by atoms with Crippen molar-refractivity contribution in [2.24, 2.45) is 0 Å². The largest absolute Gasteiger partial charge is 0.496 e. The molecule has 1 aliphatic heterocycles. The number of hydrogen-bond acceptors (Lipinski definition) is 4. The second-order valence-corrected chi connectivity index (χ2v) is 9.55. The van der Waals surface area contributed by atoms with Crippen molar-refractivity contribution >= 4 is 10.0 Å². The van der Waals surface area contributed by atoms with E-state index >= 15 is 0 Å². The van der Waals surface area contributed by atoms with E-state index in [1.165, 1.54) is 0 Å². The number of aryl methyl sites for hydroxylation is 2. The van der Waals surface area contributed by atoms with Crippen molar-refractivity contribution in [1.29, 1.82) is 0 Å². The third kappa shape index (κ3) is 3.88. The number of methoxy groups -OCH3 is 1. The molecule has 0 radical (unpaired) electrons. The molecule has 0 saturated carbocycles. The first-order valence-electron chi connectivity index (χ1n) is 9.01. The number of benzene rings is 2. The van der Waals surface area contributed by atoms with E-state index in [9.17, 15) is 8.42 Å². The summed E-state index contributed by atoms with van der Waals surface area (Å²) in [6, 6.07) is 13.0. The van der Waals surface area contributed by atoms with Gasteiger partial charge in [0, 0.05) is 6.54 Å². The van der Waals surface area contributed by atoms with Crippen LogP contribution >= 0.6 is 0 Å². The highest BCUT2D eigenvalue weighted by Crippen LogP contribution is 2.35. The maximum atomic E-state index is 13.4. The summed E-state index contributed by atoms with van der Waals surface area (Å²) in [5.74, 6) is 0.674. The van der Waals surface area contributed by atoms with E-state index in [4.69, 9.17) is 9.47 Å². The minimum atomic E-state index is -3.67. The van der Waals surface area contributed by atoms with Gasteiger partial charge in [-0.1, -0.05) is 29.8 Å². The molecule has 146 valence electrons. The molecule has 0 aromatic heterocycles. The number of ether oxygens (including phenoxy) is 2. The SMILES string of the molecule is COc1ccc(S(=O)(=O)N2CC(c3ccc(C)cc3)OCC2(C)C)cc1C. The van der Waals surface area contributed by atoms with Crippen molar-refractivity contribution in [3.05, 3.63) is 59.2 Å². The van der Waals surface area contributed by atoms with Gasteiger partial charge in [-0.25, -0.2) is 8.42 Å². The standard InChI is InChI=1S/C21H27NO4S/c1-15-6-8-17(9-7-15)20-13-22(21(3,4)14-26-20)27(23,24)18-10-11-19(25-5)16(2)12-18/h6-12,20H,13-14H2,1-5H3. The van der Waals surface area contributed by atoms with Gasteiger partial charge >= 0.3 is 0 Å². The van der Waals surface area contributed by atoms with Crippen molar-refractivity contribution in [3.8, 4) is 5.75 Å². The Kier molecular flexibility index (Phi) is 5.34. The fourth-order valence-electron chi connectivity index (χ4n) is 3.37. The Bertz CT molecular complexity index is 920. The highest BCUT2D eigenvalue weighted by molar-refractivity contribution is 7.89. The molecule has 1 saturated heterocycles. The van der Waals surface area contributed by atoms with Crippen molar-refractivity contribution in [1.82, 2.24) is 4.31 Å². The molecule has 0 aliphatic carbocycles. The van der Waals surface area contributed by atoms with Gasteiger partial charge in [0.2, 0.25) is 10.0 Å². The van der Waals surface area contributed by atoms with E-state index < -0.39 is 15.6 Å². The summed E-state index contributed by atoms with van der Waals surface area (Å²) >= 11 is 0. The van der Waals surface area contributed by atoms with Gasteiger partial charge in [0.25, 0.3) is 0 Å². The van der Waals surface area contributed by atoms with Gasteiger partial charge in [0.15, 0.2) is 0 Å². The van der Waals surface area contributed by atoms with Crippen LogP contribution in [0.4, 0.5) is 0 Å². The quantitative estimate of drug-likeness (QED) is 0.797. The van der Waals surface area contributed by atoms with E-state index in [1.54, 1.807) is 29.6 Å². The van der Waals surface area contributed by atoms with Crippen LogP contribution in [0.2, 0.25) is 0 Å². The summed E-state index contributed by atoms with van der Waals surface area (Å²) in [5, 5.41) is 0. The summed E-state index contributed by atoms with van der Waals surface area (Å²) in [4.78, 5) is 0.276. The zero-order chi connectivity index (χ0) is 19.8. The second kappa shape index (κ2) is 7.26. The number of hydrogen-bond donors (Lipinski definition) is 0. The van der Waals surface area contributed by atoms with Crippen LogP contribution in [0.15, 0.2) is 47.4 Å². The van der Waals surface area contributed by atoms with E-state index in [2.05, 4.69) is 0 Å². The molecule has 2 aromatic rings. The lowest BCUT2D eigenvalue weighted by Crippen LogP contribution is -2.56. The molecule has 1 atom stereocenters. The molecule has 1 fully saturated rings. The highest BCUT2D eigenvalue weighted by Gasteiger charge is 2.43. The molecule has 0 amide bonds. The maximum absolute atomic E-state index is 13.4. The number of nitrogens with zero attached hydrogens (tertiary/aromatic N) is 1. The van der Waals surface area contributed by atoms with Crippen LogP contribution in [0.3, 0.4) is 0 Å². The Morgan fingerprint density at radius 1 is 1.11 bits per heavy atom. The average molecular weight is 390 g/mol. The summed E-state index contributed by atoms with van der Waals surface area (Å²) in [6.45, 7) is 8.27. The summed E-state index contributed by atoms with van der Waals surface area (Å²) in [5.41, 5.74) is 2.31. The first-order chi connectivity index (χ1) is 12.6. The lowest BCUT2D eigenvalue weighted by molar-refractivity contribution is -0.0655. The van der Waals surface area contributed by atoms with Crippen molar-refractivity contribution in [2.75, 3.05) is 20.3 Å². The molecule has 0 spiro atoms. The normalized spacial score (nSPS) is 20.4. The Hall–Kier alpha value is -1.89. The van der Waals surface area contributed by atoms with Crippen LogP contribution in [0, 0.1) is 13.8 Å². The van der Waals surface area contributed by atoms with Gasteiger partial charge in [-0.2, -0.15) is 4.31 Å². The smallest absolute Gasteiger partial charge is 0.243 e. The van der Waals surface area contributed by atoms with Gasteiger partial charge in [0.1, 0.15) is 5.75 Å². The van der Waals surface area contributed by atoms with E-state index in [1.807, 2.05) is 52.0 Å². The molecule has 5 nitrogen and oxygen atoms in total. The molecular weight excluding hydrogens is 362 g/mol. The molecule has 0 bridgehead atoms. The maximum Gasteiger partial charge on any atom is 0.243 e. The number of sulfonamides is 1. The molecule has 6 heteroatoms. The van der Waals surface area contributed by atoms with Crippen LogP contribution in [0.1, 0.15) is 36.6 Å². The molecule has 0 N–H and O–H groups in total. The monoisotopic (exact) mass is 389 g/mol. The molecule has 2 aromatic carbocycles. The fraction of sp³-hybridized carbons (Fsp3) is 0.429. The Labute approximate surface area is 162 Å². The summed E-state index contributed by atoms with van der Waals surface area (Å²) in [7, 11) is -2.09. The highest BCUT2D eigenvalue weighted by atomic mass is 32.2. The Balaban J connectivity index is 1.95. The zero-order valence-electron chi connectivity index (χ0n) is 16.5. The summed E-state index contributed by atoms with van der Waals surface area (Å²) < 4.78 is 39.7. The van der Waals surface area contributed by atoms with Crippen molar-refractivity contribution in [3.63, 3.8) is 0 Å². The van der Waals surface area contributed by atoms with E-state index in [0.29, 0.717) is 12.4 Å². The van der Waals surface area contributed by atoms with Gasteiger partial charge in [0.05, 0.1) is 30.3 Å². The number of morpholine rings is 1. The average Bonchev–Trinajstić information content (AvgIpc) is 2.62. The third-order valence-corrected chi connectivity index (χ3v) is 7.12. The summed E-state index contributed by atoms with van der Waals surface area (Å²) in [6.07, 6.45) is -0.284. The van der Waals surface area contributed by atoms with Crippen LogP contribution in [0.25, 0.3) is 0 Å². The minimum Gasteiger partial charge on any atom is -0.496 e. The molecule has 1 unspecified atom stereocenters. The lowest BCUT2D eigenvalue weighted by Gasteiger charge is -2.44. The predicted molar refractivity (Wildman–Crippen MR) is 106 cm³/mol. The van der Waals surface area contributed by atoms with Crippen molar-refractivity contribution in [2.45, 2.75) is 44.2 Å². The van der Waals surface area contributed by atoms with E-state index in [-0.39, 0.29) is 17.5 Å². The van der Waals surface area contributed by atoms with Crippen molar-refractivity contribution < 1.29 is 17.9 Å². The Morgan fingerprint density at radius 2 is 1.78 bits per heavy atom. The first-order valence-corrected chi connectivity index (χ1v) is 10.4. The Morgan fingerprint density at radius 3 is 2.37 bits per heavy atom. The lowest BCUT2D eigenvalue weighted by atomic mass is 10.0. The van der Waals surface area contributed by atoms with Gasteiger partial charge < -0.3 is 9.47 Å². The predicted octanol–water partition coefficient (Wildman–Crippen LogP) is 3.85. The third-order valence-electron chi connectivity index (χ3n) is 5.05. The first kappa shape index (κ1) is 19.9. The van der Waals surface area contributed by atoms with Crippen LogP contribution in [0.5, 0.6) is 5.75 Å². The zero-order valence-corrected chi connectivity index (χ0v) is 17.3. The molecular formula is C21H27NO4S. The molecule has 1 heterocycles. The molecule has 3 rings (SSSR count). The minimum absolute atomic E-state index is 0.276. The van der Waals surface area contributed by atoms with Crippen LogP contribution in [-0.2, 0) is 14.8 Å². The fourth-order valence-corrected chi connectivity index (χ4v) is 5.23. The van der Waals surface area contributed by atoms with Gasteiger partial charge in [-0.05, 0) is 57.0 Å². The van der Waals surface area contributed by atoms with Gasteiger partial charge in [-0.3, -0.25) is 0 Å². The topological polar surface area (TPSA) is 55.8 Å². The van der Waals surface area contributed by atoms with Gasteiger partial charge in [-0.15, -0.1) is 0 Å². The second-order valence-electron chi connectivity index (χ2n) is 7.69. The van der Waals surface area contributed by atoms with Crippen LogP contribution < -0.4 is 4.74 Å². The van der Waals surface area contributed by atoms with E-state index in [0.717, 1.165) is 16.7 Å². The van der Waals surface area contributed by atoms with Crippen LogP contribution in [-0.4, -0.2) is 38.5 Å².